The van der Waals surface area contributed by atoms with E-state index in [-0.39, 0.29) is 0 Å². The maximum absolute atomic E-state index is 3.45. The first-order valence-electron chi connectivity index (χ1n) is 5.08. The van der Waals surface area contributed by atoms with E-state index in [4.69, 9.17) is 0 Å². The molecule has 1 heterocycles. The summed E-state index contributed by atoms with van der Waals surface area (Å²) in [5, 5.41) is 7.88. The minimum atomic E-state index is 0.711. The third kappa shape index (κ3) is 2.12. The van der Waals surface area contributed by atoms with Gasteiger partial charge in [0.05, 0.1) is 0 Å². The summed E-state index contributed by atoms with van der Waals surface area (Å²) in [5.41, 5.74) is 1.50. The largest absolute Gasteiger partial charge is 0.316 e. The lowest BCUT2D eigenvalue weighted by Gasteiger charge is -2.33. The van der Waals surface area contributed by atoms with Gasteiger partial charge in [-0.05, 0) is 54.6 Å². The molecule has 0 amide bonds. The highest BCUT2D eigenvalue weighted by Crippen LogP contribution is 2.31. The quantitative estimate of drug-likeness (QED) is 0.779. The maximum atomic E-state index is 3.45. The average Bonchev–Trinajstić information content (AvgIpc) is 2.52. The van der Waals surface area contributed by atoms with Crippen molar-refractivity contribution in [3.8, 4) is 0 Å². The van der Waals surface area contributed by atoms with E-state index in [2.05, 4.69) is 29.2 Å². The fourth-order valence-electron chi connectivity index (χ4n) is 2.01. The summed E-state index contributed by atoms with van der Waals surface area (Å²) in [6.07, 6.45) is 5.50. The van der Waals surface area contributed by atoms with Crippen molar-refractivity contribution in [1.29, 1.82) is 0 Å². The van der Waals surface area contributed by atoms with E-state index in [0.717, 1.165) is 5.92 Å². The molecule has 1 unspecified atom stereocenters. The molecule has 1 atom stereocenters. The number of hydrogen-bond acceptors (Lipinski definition) is 2. The zero-order valence-electron chi connectivity index (χ0n) is 8.12. The lowest BCUT2D eigenvalue weighted by atomic mass is 9.78. The first-order valence-corrected chi connectivity index (χ1v) is 6.03. The SMILES string of the molecule is CNC(Cc1ccsc1)C1CCC1. The number of nitrogens with one attached hydrogen (secondary N) is 1. The monoisotopic (exact) mass is 195 g/mol. The van der Waals surface area contributed by atoms with E-state index in [9.17, 15) is 0 Å². The summed E-state index contributed by atoms with van der Waals surface area (Å²) in [5.74, 6) is 0.935. The topological polar surface area (TPSA) is 12.0 Å². The van der Waals surface area contributed by atoms with Crippen LogP contribution >= 0.6 is 11.3 Å². The molecule has 2 heteroatoms. The normalized spacial score (nSPS) is 19.8. The molecular weight excluding hydrogens is 178 g/mol. The number of thiophene rings is 1. The lowest BCUT2D eigenvalue weighted by molar-refractivity contribution is 0.236. The van der Waals surface area contributed by atoms with Gasteiger partial charge in [0.2, 0.25) is 0 Å². The van der Waals surface area contributed by atoms with Gasteiger partial charge >= 0.3 is 0 Å². The molecule has 0 spiro atoms. The van der Waals surface area contributed by atoms with E-state index < -0.39 is 0 Å². The second kappa shape index (κ2) is 4.25. The Kier molecular flexibility index (Phi) is 3.01. The summed E-state index contributed by atoms with van der Waals surface area (Å²) in [6.45, 7) is 0. The number of likely N-dealkylation sites (N-methyl/N-ethyl adjacent to an activating group) is 1. The van der Waals surface area contributed by atoms with E-state index >= 15 is 0 Å². The van der Waals surface area contributed by atoms with Gasteiger partial charge in [0.1, 0.15) is 0 Å². The molecule has 0 radical (unpaired) electrons. The first kappa shape index (κ1) is 9.22. The molecule has 0 bridgehead atoms. The molecule has 1 aliphatic rings. The molecule has 13 heavy (non-hydrogen) atoms. The Balaban J connectivity index is 1.90. The second-order valence-electron chi connectivity index (χ2n) is 3.92. The van der Waals surface area contributed by atoms with Crippen molar-refractivity contribution in [1.82, 2.24) is 5.32 Å². The third-order valence-corrected chi connectivity index (χ3v) is 3.86. The van der Waals surface area contributed by atoms with Gasteiger partial charge in [0.25, 0.3) is 0 Å². The predicted octanol–water partition coefficient (Wildman–Crippen LogP) is 2.68. The zero-order valence-corrected chi connectivity index (χ0v) is 8.94. The highest BCUT2D eigenvalue weighted by atomic mass is 32.1. The highest BCUT2D eigenvalue weighted by Gasteiger charge is 2.25. The van der Waals surface area contributed by atoms with Gasteiger partial charge in [-0.1, -0.05) is 6.42 Å². The van der Waals surface area contributed by atoms with Crippen LogP contribution in [0.4, 0.5) is 0 Å². The van der Waals surface area contributed by atoms with Crippen LogP contribution in [0.3, 0.4) is 0 Å². The van der Waals surface area contributed by atoms with Crippen LogP contribution < -0.4 is 5.32 Å². The Morgan fingerprint density at radius 2 is 2.46 bits per heavy atom. The molecule has 0 aliphatic heterocycles. The summed E-state index contributed by atoms with van der Waals surface area (Å²) in [7, 11) is 2.09. The van der Waals surface area contributed by atoms with Gasteiger partial charge in [-0.2, -0.15) is 11.3 Å². The molecule has 1 aromatic rings. The Labute approximate surface area is 84.2 Å². The van der Waals surface area contributed by atoms with Crippen molar-refractivity contribution in [2.45, 2.75) is 31.7 Å². The summed E-state index contributed by atoms with van der Waals surface area (Å²) in [6, 6.07) is 2.96. The van der Waals surface area contributed by atoms with E-state index in [1.807, 2.05) is 0 Å². The third-order valence-electron chi connectivity index (χ3n) is 3.13. The maximum Gasteiger partial charge on any atom is 0.0133 e. The molecule has 2 rings (SSSR count). The van der Waals surface area contributed by atoms with Crippen LogP contribution in [0.5, 0.6) is 0 Å². The van der Waals surface area contributed by atoms with E-state index in [0.29, 0.717) is 6.04 Å². The molecular formula is C11H17NS. The standard InChI is InChI=1S/C11H17NS/c1-12-11(10-3-2-4-10)7-9-5-6-13-8-9/h5-6,8,10-12H,2-4,7H2,1H3. The van der Waals surface area contributed by atoms with Crippen LogP contribution in [0.2, 0.25) is 0 Å². The number of hydrogen-bond donors (Lipinski definition) is 1. The van der Waals surface area contributed by atoms with Crippen molar-refractivity contribution in [3.63, 3.8) is 0 Å². The highest BCUT2D eigenvalue weighted by molar-refractivity contribution is 7.07. The fourth-order valence-corrected chi connectivity index (χ4v) is 2.69. The van der Waals surface area contributed by atoms with Crippen LogP contribution in [0.25, 0.3) is 0 Å². The summed E-state index contributed by atoms with van der Waals surface area (Å²) < 4.78 is 0. The Morgan fingerprint density at radius 1 is 1.62 bits per heavy atom. The van der Waals surface area contributed by atoms with Gasteiger partial charge < -0.3 is 5.32 Å². The molecule has 0 aromatic carbocycles. The van der Waals surface area contributed by atoms with Gasteiger partial charge in [-0.3, -0.25) is 0 Å². The van der Waals surface area contributed by atoms with E-state index in [1.54, 1.807) is 11.3 Å². The molecule has 0 saturated heterocycles. The van der Waals surface area contributed by atoms with Crippen molar-refractivity contribution in [2.75, 3.05) is 7.05 Å². The summed E-state index contributed by atoms with van der Waals surface area (Å²) >= 11 is 1.80. The van der Waals surface area contributed by atoms with Crippen molar-refractivity contribution in [3.05, 3.63) is 22.4 Å². The van der Waals surface area contributed by atoms with Crippen LogP contribution in [-0.4, -0.2) is 13.1 Å². The Morgan fingerprint density at radius 3 is 2.92 bits per heavy atom. The van der Waals surface area contributed by atoms with Crippen LogP contribution in [0, 0.1) is 5.92 Å². The van der Waals surface area contributed by atoms with Crippen LogP contribution in [0.15, 0.2) is 16.8 Å². The Bertz CT molecular complexity index is 239. The Hall–Kier alpha value is -0.340. The van der Waals surface area contributed by atoms with Crippen molar-refractivity contribution in [2.24, 2.45) is 5.92 Å². The minimum Gasteiger partial charge on any atom is -0.316 e. The van der Waals surface area contributed by atoms with Gasteiger partial charge in [0.15, 0.2) is 0 Å². The first-order chi connectivity index (χ1) is 6.40. The number of rotatable bonds is 4. The predicted molar refractivity (Wildman–Crippen MR) is 58.2 cm³/mol. The molecule has 1 N–H and O–H groups in total. The fraction of sp³-hybridized carbons (Fsp3) is 0.636. The molecule has 1 aromatic heterocycles. The van der Waals surface area contributed by atoms with Crippen LogP contribution in [0.1, 0.15) is 24.8 Å². The van der Waals surface area contributed by atoms with E-state index in [1.165, 1.54) is 31.2 Å². The average molecular weight is 195 g/mol. The minimum absolute atomic E-state index is 0.711. The molecule has 1 fully saturated rings. The van der Waals surface area contributed by atoms with Crippen LogP contribution in [-0.2, 0) is 6.42 Å². The smallest absolute Gasteiger partial charge is 0.0133 e. The van der Waals surface area contributed by atoms with Gasteiger partial charge in [-0.25, -0.2) is 0 Å². The van der Waals surface area contributed by atoms with Gasteiger partial charge in [-0.15, -0.1) is 0 Å². The molecule has 72 valence electrons. The lowest BCUT2D eigenvalue weighted by Crippen LogP contribution is -2.38. The summed E-state index contributed by atoms with van der Waals surface area (Å²) in [4.78, 5) is 0. The van der Waals surface area contributed by atoms with Gasteiger partial charge in [0, 0.05) is 6.04 Å². The van der Waals surface area contributed by atoms with Crippen molar-refractivity contribution < 1.29 is 0 Å². The molecule has 1 saturated carbocycles. The van der Waals surface area contributed by atoms with Crippen molar-refractivity contribution >= 4 is 11.3 Å². The molecule has 1 aliphatic carbocycles. The molecule has 1 nitrogen and oxygen atoms in total. The zero-order chi connectivity index (χ0) is 9.10. The second-order valence-corrected chi connectivity index (χ2v) is 4.70.